The number of benzene rings is 1. The first-order valence-corrected chi connectivity index (χ1v) is 10.4. The first-order valence-electron chi connectivity index (χ1n) is 10.4. The quantitative estimate of drug-likeness (QED) is 0.142. The lowest BCUT2D eigenvalue weighted by molar-refractivity contribution is -0.384. The van der Waals surface area contributed by atoms with E-state index in [2.05, 4.69) is 6.92 Å². The van der Waals surface area contributed by atoms with Gasteiger partial charge in [0.15, 0.2) is 6.29 Å². The summed E-state index contributed by atoms with van der Waals surface area (Å²) in [6.45, 7) is 2.65. The Bertz CT molecular complexity index is 620. The third kappa shape index (κ3) is 9.23. The van der Waals surface area contributed by atoms with E-state index in [4.69, 9.17) is 18.9 Å². The average molecular weight is 409 g/mol. The number of ether oxygens (including phenoxy) is 4. The van der Waals surface area contributed by atoms with Gasteiger partial charge in [-0.1, -0.05) is 51.9 Å². The highest BCUT2D eigenvalue weighted by Crippen LogP contribution is 2.20. The lowest BCUT2D eigenvalue weighted by atomic mass is 10.1. The Kier molecular flexibility index (Phi) is 10.4. The number of rotatable bonds is 13. The largest absolute Gasteiger partial charge is 0.513 e. The van der Waals surface area contributed by atoms with Crippen LogP contribution in [0.15, 0.2) is 24.3 Å². The zero-order valence-corrected chi connectivity index (χ0v) is 17.0. The highest BCUT2D eigenvalue weighted by Gasteiger charge is 2.27. The molecule has 1 aromatic carbocycles. The maximum absolute atomic E-state index is 11.7. The monoisotopic (exact) mass is 409 g/mol. The van der Waals surface area contributed by atoms with Crippen molar-refractivity contribution in [3.63, 3.8) is 0 Å². The summed E-state index contributed by atoms with van der Waals surface area (Å²) in [4.78, 5) is 21.8. The van der Waals surface area contributed by atoms with Crippen molar-refractivity contribution in [3.8, 4) is 5.75 Å². The fraction of sp³-hybridized carbons (Fsp3) is 0.667. The van der Waals surface area contributed by atoms with E-state index in [0.29, 0.717) is 6.61 Å². The summed E-state index contributed by atoms with van der Waals surface area (Å²) in [5.41, 5.74) is -0.0789. The summed E-state index contributed by atoms with van der Waals surface area (Å²) >= 11 is 0. The molecule has 0 saturated carbocycles. The van der Waals surface area contributed by atoms with Gasteiger partial charge in [-0.2, -0.15) is 0 Å². The van der Waals surface area contributed by atoms with Crippen LogP contribution in [0.25, 0.3) is 0 Å². The van der Waals surface area contributed by atoms with Gasteiger partial charge < -0.3 is 18.9 Å². The van der Waals surface area contributed by atoms with Gasteiger partial charge >= 0.3 is 6.16 Å². The molecule has 8 nitrogen and oxygen atoms in total. The van der Waals surface area contributed by atoms with E-state index in [9.17, 15) is 14.9 Å². The minimum Gasteiger partial charge on any atom is -0.431 e. The molecule has 1 heterocycles. The Hall–Kier alpha value is -2.19. The molecule has 29 heavy (non-hydrogen) atoms. The Balaban J connectivity index is 1.53. The maximum atomic E-state index is 11.7. The van der Waals surface area contributed by atoms with Crippen molar-refractivity contribution in [2.24, 2.45) is 0 Å². The van der Waals surface area contributed by atoms with Crippen molar-refractivity contribution in [3.05, 3.63) is 34.4 Å². The van der Waals surface area contributed by atoms with Crippen LogP contribution in [0.2, 0.25) is 0 Å². The molecule has 0 bridgehead atoms. The fourth-order valence-corrected chi connectivity index (χ4v) is 3.11. The third-order valence-electron chi connectivity index (χ3n) is 4.74. The smallest absolute Gasteiger partial charge is 0.431 e. The molecule has 8 heteroatoms. The first kappa shape index (κ1) is 23.1. The van der Waals surface area contributed by atoms with Crippen LogP contribution in [0.1, 0.15) is 64.7 Å². The van der Waals surface area contributed by atoms with Crippen LogP contribution in [-0.4, -0.2) is 36.7 Å². The van der Waals surface area contributed by atoms with Crippen LogP contribution in [-0.2, 0) is 14.2 Å². The van der Waals surface area contributed by atoms with Crippen molar-refractivity contribution in [2.75, 3.05) is 13.2 Å². The lowest BCUT2D eigenvalue weighted by Crippen LogP contribution is -2.23. The molecular formula is C21H31NO7. The molecule has 1 saturated heterocycles. The molecule has 0 radical (unpaired) electrons. The summed E-state index contributed by atoms with van der Waals surface area (Å²) in [6, 6.07) is 5.20. The van der Waals surface area contributed by atoms with Gasteiger partial charge in [-0.3, -0.25) is 10.1 Å². The van der Waals surface area contributed by atoms with Crippen molar-refractivity contribution in [1.82, 2.24) is 0 Å². The number of non-ortho nitro benzene ring substituents is 1. The molecule has 0 aliphatic carbocycles. The van der Waals surface area contributed by atoms with Gasteiger partial charge in [0.1, 0.15) is 18.5 Å². The SMILES string of the molecule is CCCCCCCCCCC1OCC(COC(=O)Oc2ccc([N+](=O)[O-])cc2)O1. The van der Waals surface area contributed by atoms with E-state index < -0.39 is 11.1 Å². The number of hydrogen-bond acceptors (Lipinski definition) is 7. The van der Waals surface area contributed by atoms with E-state index in [1.54, 1.807) is 0 Å². The van der Waals surface area contributed by atoms with Crippen molar-refractivity contribution >= 4 is 11.8 Å². The molecular weight excluding hydrogens is 378 g/mol. The summed E-state index contributed by atoms with van der Waals surface area (Å²) in [5.74, 6) is 0.178. The molecule has 2 unspecified atom stereocenters. The minimum absolute atomic E-state index is 0.0414. The van der Waals surface area contributed by atoms with Crippen molar-refractivity contribution < 1.29 is 28.7 Å². The lowest BCUT2D eigenvalue weighted by Gasteiger charge is -2.12. The maximum Gasteiger partial charge on any atom is 0.513 e. The number of carbonyl (C=O) groups is 1. The Morgan fingerprint density at radius 3 is 2.41 bits per heavy atom. The third-order valence-corrected chi connectivity index (χ3v) is 4.74. The molecule has 0 spiro atoms. The number of carbonyl (C=O) groups excluding carboxylic acids is 1. The van der Waals surface area contributed by atoms with E-state index >= 15 is 0 Å². The molecule has 1 aromatic rings. The van der Waals surface area contributed by atoms with Crippen molar-refractivity contribution in [2.45, 2.75) is 77.1 Å². The zero-order valence-electron chi connectivity index (χ0n) is 17.0. The second kappa shape index (κ2) is 13.1. The second-order valence-corrected chi connectivity index (χ2v) is 7.20. The second-order valence-electron chi connectivity index (χ2n) is 7.20. The summed E-state index contributed by atoms with van der Waals surface area (Å²) in [5, 5.41) is 10.6. The van der Waals surface area contributed by atoms with Gasteiger partial charge in [0.05, 0.1) is 11.5 Å². The predicted octanol–water partition coefficient (Wildman–Crippen LogP) is 5.38. The fourth-order valence-electron chi connectivity index (χ4n) is 3.11. The van der Waals surface area contributed by atoms with Gasteiger partial charge in [0.25, 0.3) is 5.69 Å². The van der Waals surface area contributed by atoms with Gasteiger partial charge in [0, 0.05) is 12.1 Å². The number of hydrogen-bond donors (Lipinski definition) is 0. The van der Waals surface area contributed by atoms with Gasteiger partial charge in [0.2, 0.25) is 0 Å². The molecule has 1 aliphatic heterocycles. The molecule has 0 N–H and O–H groups in total. The molecule has 1 fully saturated rings. The van der Waals surface area contributed by atoms with E-state index in [-0.39, 0.29) is 30.4 Å². The molecule has 0 amide bonds. The van der Waals surface area contributed by atoms with Gasteiger partial charge in [-0.05, 0) is 25.0 Å². The summed E-state index contributed by atoms with van der Waals surface area (Å²) in [6.07, 6.45) is 9.45. The highest BCUT2D eigenvalue weighted by atomic mass is 16.8. The van der Waals surface area contributed by atoms with Crippen LogP contribution < -0.4 is 4.74 Å². The van der Waals surface area contributed by atoms with Gasteiger partial charge in [-0.25, -0.2) is 4.79 Å². The Morgan fingerprint density at radius 2 is 1.76 bits per heavy atom. The highest BCUT2D eigenvalue weighted by molar-refractivity contribution is 5.64. The van der Waals surface area contributed by atoms with E-state index in [0.717, 1.165) is 12.8 Å². The zero-order chi connectivity index (χ0) is 20.9. The van der Waals surface area contributed by atoms with Crippen LogP contribution in [0.4, 0.5) is 10.5 Å². The molecule has 2 rings (SSSR count). The van der Waals surface area contributed by atoms with Crippen molar-refractivity contribution in [1.29, 1.82) is 0 Å². The van der Waals surface area contributed by atoms with E-state index in [1.165, 1.54) is 69.2 Å². The average Bonchev–Trinajstić information content (AvgIpc) is 3.16. The normalized spacial score (nSPS) is 18.5. The van der Waals surface area contributed by atoms with Crippen LogP contribution in [0.5, 0.6) is 5.75 Å². The number of nitro benzene ring substituents is 1. The summed E-state index contributed by atoms with van der Waals surface area (Å²) in [7, 11) is 0. The summed E-state index contributed by atoms with van der Waals surface area (Å²) < 4.78 is 21.4. The molecule has 2 atom stereocenters. The number of unbranched alkanes of at least 4 members (excludes halogenated alkanes) is 7. The topological polar surface area (TPSA) is 97.1 Å². The van der Waals surface area contributed by atoms with Crippen LogP contribution >= 0.6 is 0 Å². The van der Waals surface area contributed by atoms with Crippen LogP contribution in [0, 0.1) is 10.1 Å². The number of nitro groups is 1. The Morgan fingerprint density at radius 1 is 1.10 bits per heavy atom. The van der Waals surface area contributed by atoms with Crippen LogP contribution in [0.3, 0.4) is 0 Å². The molecule has 162 valence electrons. The van der Waals surface area contributed by atoms with Gasteiger partial charge in [-0.15, -0.1) is 0 Å². The standard InChI is InChI=1S/C21H31NO7/c1-2-3-4-5-6-7-8-9-10-20-26-15-19(28-20)16-27-21(23)29-18-13-11-17(12-14-18)22(24)25/h11-14,19-20H,2-10,15-16H2,1H3. The molecule has 1 aliphatic rings. The number of nitrogens with zero attached hydrogens (tertiary/aromatic N) is 1. The predicted molar refractivity (Wildman–Crippen MR) is 107 cm³/mol. The first-order chi connectivity index (χ1) is 14.1. The Labute approximate surface area is 171 Å². The van der Waals surface area contributed by atoms with E-state index in [1.807, 2.05) is 0 Å². The minimum atomic E-state index is -0.881. The molecule has 0 aromatic heterocycles.